The molecule has 1 N–H and O–H groups in total. The molecule has 4 heteroatoms. The van der Waals surface area contributed by atoms with Crippen LogP contribution in [0.4, 0.5) is 5.95 Å². The predicted octanol–water partition coefficient (Wildman–Crippen LogP) is 2.45. The summed E-state index contributed by atoms with van der Waals surface area (Å²) in [6.45, 7) is 8.30. The van der Waals surface area contributed by atoms with E-state index in [-0.39, 0.29) is 5.54 Å². The quantitative estimate of drug-likeness (QED) is 0.914. The van der Waals surface area contributed by atoms with Gasteiger partial charge in [-0.15, -0.1) is 0 Å². The molecule has 4 nitrogen and oxygen atoms in total. The molecule has 0 saturated heterocycles. The smallest absolute Gasteiger partial charge is 0.225 e. The number of para-hydroxylation sites is 1. The van der Waals surface area contributed by atoms with E-state index in [4.69, 9.17) is 0 Å². The lowest BCUT2D eigenvalue weighted by Gasteiger charge is -2.23. The second-order valence-corrected chi connectivity index (χ2v) is 5.83. The molecule has 1 aromatic carbocycles. The molecule has 0 amide bonds. The average molecular weight is 258 g/mol. The lowest BCUT2D eigenvalue weighted by Crippen LogP contribution is -2.40. The summed E-state index contributed by atoms with van der Waals surface area (Å²) in [7, 11) is 2.02. The molecule has 2 aromatic rings. The van der Waals surface area contributed by atoms with E-state index in [0.29, 0.717) is 0 Å². The molecule has 0 unspecified atom stereocenters. The van der Waals surface area contributed by atoms with Crippen LogP contribution in [0, 0.1) is 0 Å². The van der Waals surface area contributed by atoms with Crippen molar-refractivity contribution in [2.75, 3.05) is 25.0 Å². The summed E-state index contributed by atoms with van der Waals surface area (Å²) in [5, 5.41) is 4.54. The van der Waals surface area contributed by atoms with Gasteiger partial charge in [-0.05, 0) is 26.8 Å². The fourth-order valence-electron chi connectivity index (χ4n) is 1.84. The Balaban J connectivity index is 2.03. The van der Waals surface area contributed by atoms with Crippen LogP contribution in [0.25, 0.3) is 10.9 Å². The van der Waals surface area contributed by atoms with Gasteiger partial charge in [0.1, 0.15) is 0 Å². The number of hydrogen-bond acceptors (Lipinski definition) is 4. The van der Waals surface area contributed by atoms with Crippen molar-refractivity contribution < 1.29 is 0 Å². The van der Waals surface area contributed by atoms with Gasteiger partial charge in [-0.2, -0.15) is 0 Å². The van der Waals surface area contributed by atoms with E-state index in [1.165, 1.54) is 0 Å². The predicted molar refractivity (Wildman–Crippen MR) is 80.6 cm³/mol. The highest BCUT2D eigenvalue weighted by Gasteiger charge is 2.10. The van der Waals surface area contributed by atoms with Crippen molar-refractivity contribution in [1.82, 2.24) is 15.3 Å². The van der Waals surface area contributed by atoms with E-state index in [1.807, 2.05) is 37.5 Å². The second kappa shape index (κ2) is 5.53. The van der Waals surface area contributed by atoms with Gasteiger partial charge in [0.05, 0.1) is 5.52 Å². The topological polar surface area (TPSA) is 41.0 Å². The molecule has 0 aliphatic rings. The second-order valence-electron chi connectivity index (χ2n) is 5.83. The number of rotatable bonds is 4. The summed E-state index contributed by atoms with van der Waals surface area (Å²) in [6.07, 6.45) is 1.88. The van der Waals surface area contributed by atoms with Crippen molar-refractivity contribution in [2.45, 2.75) is 26.3 Å². The Hall–Kier alpha value is -1.68. The maximum atomic E-state index is 4.58. The minimum Gasteiger partial charge on any atom is -0.343 e. The summed E-state index contributed by atoms with van der Waals surface area (Å²) in [4.78, 5) is 11.1. The summed E-state index contributed by atoms with van der Waals surface area (Å²) in [6, 6.07) is 8.05. The molecule has 0 spiro atoms. The highest BCUT2D eigenvalue weighted by Crippen LogP contribution is 2.13. The largest absolute Gasteiger partial charge is 0.343 e. The summed E-state index contributed by atoms with van der Waals surface area (Å²) in [5.41, 5.74) is 1.13. The van der Waals surface area contributed by atoms with Gasteiger partial charge in [-0.25, -0.2) is 9.97 Å². The molecule has 0 fully saturated rings. The van der Waals surface area contributed by atoms with Crippen molar-refractivity contribution >= 4 is 16.9 Å². The zero-order valence-electron chi connectivity index (χ0n) is 12.1. The Labute approximate surface area is 114 Å². The fourth-order valence-corrected chi connectivity index (χ4v) is 1.84. The molecular weight excluding hydrogens is 236 g/mol. The maximum absolute atomic E-state index is 4.58. The zero-order valence-corrected chi connectivity index (χ0v) is 12.1. The highest BCUT2D eigenvalue weighted by molar-refractivity contribution is 5.78. The highest BCUT2D eigenvalue weighted by atomic mass is 15.2. The number of anilines is 1. The van der Waals surface area contributed by atoms with Crippen LogP contribution in [-0.2, 0) is 0 Å². The SMILES string of the molecule is CN(CCNC(C)(C)C)c1ncc2ccccc2n1. The van der Waals surface area contributed by atoms with Gasteiger partial charge in [-0.3, -0.25) is 0 Å². The van der Waals surface area contributed by atoms with Crippen molar-refractivity contribution in [3.63, 3.8) is 0 Å². The average Bonchev–Trinajstić information content (AvgIpc) is 2.36. The Morgan fingerprint density at radius 2 is 1.95 bits per heavy atom. The molecule has 0 aliphatic carbocycles. The molecule has 0 radical (unpaired) electrons. The number of hydrogen-bond donors (Lipinski definition) is 1. The Morgan fingerprint density at radius 1 is 1.21 bits per heavy atom. The van der Waals surface area contributed by atoms with E-state index in [0.717, 1.165) is 29.9 Å². The number of benzene rings is 1. The Bertz CT molecular complexity index is 545. The third kappa shape index (κ3) is 3.89. The number of aromatic nitrogens is 2. The minimum absolute atomic E-state index is 0.144. The Kier molecular flexibility index (Phi) is 4.00. The minimum atomic E-state index is 0.144. The van der Waals surface area contributed by atoms with Crippen molar-refractivity contribution in [2.24, 2.45) is 0 Å². The maximum Gasteiger partial charge on any atom is 0.225 e. The van der Waals surface area contributed by atoms with E-state index in [2.05, 4.69) is 41.0 Å². The van der Waals surface area contributed by atoms with E-state index in [9.17, 15) is 0 Å². The number of nitrogens with one attached hydrogen (secondary N) is 1. The van der Waals surface area contributed by atoms with Crippen LogP contribution >= 0.6 is 0 Å². The first-order valence-corrected chi connectivity index (χ1v) is 6.64. The van der Waals surface area contributed by atoms with E-state index in [1.54, 1.807) is 0 Å². The van der Waals surface area contributed by atoms with Crippen LogP contribution in [0.2, 0.25) is 0 Å². The third-order valence-corrected chi connectivity index (χ3v) is 2.92. The molecule has 19 heavy (non-hydrogen) atoms. The van der Waals surface area contributed by atoms with Gasteiger partial charge in [-0.1, -0.05) is 18.2 Å². The van der Waals surface area contributed by atoms with Gasteiger partial charge >= 0.3 is 0 Å². The first-order chi connectivity index (χ1) is 8.96. The summed E-state index contributed by atoms with van der Waals surface area (Å²) >= 11 is 0. The third-order valence-electron chi connectivity index (χ3n) is 2.92. The number of fused-ring (bicyclic) bond motifs is 1. The molecule has 102 valence electrons. The van der Waals surface area contributed by atoms with Gasteiger partial charge in [0.25, 0.3) is 0 Å². The van der Waals surface area contributed by atoms with Gasteiger partial charge in [0, 0.05) is 37.3 Å². The molecule has 0 saturated carbocycles. The van der Waals surface area contributed by atoms with Crippen molar-refractivity contribution in [3.8, 4) is 0 Å². The Morgan fingerprint density at radius 3 is 2.68 bits per heavy atom. The number of nitrogens with zero attached hydrogens (tertiary/aromatic N) is 3. The van der Waals surface area contributed by atoms with Gasteiger partial charge in [0.15, 0.2) is 0 Å². The van der Waals surface area contributed by atoms with Crippen LogP contribution in [0.3, 0.4) is 0 Å². The van der Waals surface area contributed by atoms with Crippen LogP contribution < -0.4 is 10.2 Å². The first kappa shape index (κ1) is 13.7. The standard InChI is InChI=1S/C15H22N4/c1-15(2,3)17-9-10-19(4)14-16-11-12-7-5-6-8-13(12)18-14/h5-8,11,17H,9-10H2,1-4H3. The molecule has 0 aliphatic heterocycles. The lowest BCUT2D eigenvalue weighted by atomic mass is 10.1. The molecule has 0 bridgehead atoms. The zero-order chi connectivity index (χ0) is 13.9. The molecule has 1 aromatic heterocycles. The van der Waals surface area contributed by atoms with Crippen LogP contribution in [0.5, 0.6) is 0 Å². The normalized spacial score (nSPS) is 11.8. The lowest BCUT2D eigenvalue weighted by molar-refractivity contribution is 0.430. The summed E-state index contributed by atoms with van der Waals surface area (Å²) < 4.78 is 0. The molecular formula is C15H22N4. The van der Waals surface area contributed by atoms with Crippen molar-refractivity contribution in [3.05, 3.63) is 30.5 Å². The van der Waals surface area contributed by atoms with E-state index < -0.39 is 0 Å². The monoisotopic (exact) mass is 258 g/mol. The molecule has 1 heterocycles. The molecule has 2 rings (SSSR count). The number of likely N-dealkylation sites (N-methyl/N-ethyl adjacent to an activating group) is 1. The molecule has 0 atom stereocenters. The van der Waals surface area contributed by atoms with Crippen molar-refractivity contribution in [1.29, 1.82) is 0 Å². The fraction of sp³-hybridized carbons (Fsp3) is 0.467. The first-order valence-electron chi connectivity index (χ1n) is 6.64. The van der Waals surface area contributed by atoms with Crippen LogP contribution in [-0.4, -0.2) is 35.6 Å². The van der Waals surface area contributed by atoms with E-state index >= 15 is 0 Å². The van der Waals surface area contributed by atoms with Crippen LogP contribution in [0.1, 0.15) is 20.8 Å². The van der Waals surface area contributed by atoms with Gasteiger partial charge in [0.2, 0.25) is 5.95 Å². The van der Waals surface area contributed by atoms with Crippen LogP contribution in [0.15, 0.2) is 30.5 Å². The summed E-state index contributed by atoms with van der Waals surface area (Å²) in [5.74, 6) is 0.773. The van der Waals surface area contributed by atoms with Gasteiger partial charge < -0.3 is 10.2 Å².